The SMILES string of the molecule is C=Cc1c(O)cc(OC)cc1O. The number of ether oxygens (including phenoxy) is 1. The van der Waals surface area contributed by atoms with Crippen LogP contribution in [0.1, 0.15) is 5.56 Å². The van der Waals surface area contributed by atoms with Gasteiger partial charge in [-0.3, -0.25) is 0 Å². The Hall–Kier alpha value is -1.64. The molecule has 0 atom stereocenters. The number of rotatable bonds is 2. The third-order valence-corrected chi connectivity index (χ3v) is 1.55. The summed E-state index contributed by atoms with van der Waals surface area (Å²) in [5.74, 6) is 0.333. The second kappa shape index (κ2) is 3.17. The molecule has 0 heterocycles. The zero-order valence-corrected chi connectivity index (χ0v) is 6.74. The summed E-state index contributed by atoms with van der Waals surface area (Å²) >= 11 is 0. The van der Waals surface area contributed by atoms with Gasteiger partial charge in [0.15, 0.2) is 0 Å². The van der Waals surface area contributed by atoms with Gasteiger partial charge in [0.05, 0.1) is 12.7 Å². The molecule has 3 nitrogen and oxygen atoms in total. The Labute approximate surface area is 70.5 Å². The van der Waals surface area contributed by atoms with Crippen LogP contribution in [0.4, 0.5) is 0 Å². The van der Waals surface area contributed by atoms with Crippen molar-refractivity contribution in [3.05, 3.63) is 24.3 Å². The first-order chi connectivity index (χ1) is 5.69. The summed E-state index contributed by atoms with van der Waals surface area (Å²) in [4.78, 5) is 0. The highest BCUT2D eigenvalue weighted by molar-refractivity contribution is 5.64. The van der Waals surface area contributed by atoms with E-state index in [1.165, 1.54) is 25.3 Å². The second-order valence-corrected chi connectivity index (χ2v) is 2.28. The average molecular weight is 166 g/mol. The van der Waals surface area contributed by atoms with Crippen LogP contribution in [0.25, 0.3) is 6.08 Å². The number of methoxy groups -OCH3 is 1. The van der Waals surface area contributed by atoms with E-state index in [9.17, 15) is 10.2 Å². The van der Waals surface area contributed by atoms with Crippen LogP contribution in [0.3, 0.4) is 0 Å². The van der Waals surface area contributed by atoms with Gasteiger partial charge in [0.1, 0.15) is 17.2 Å². The number of benzene rings is 1. The Morgan fingerprint density at radius 3 is 2.17 bits per heavy atom. The summed E-state index contributed by atoms with van der Waals surface area (Å²) in [7, 11) is 1.46. The number of hydrogen-bond acceptors (Lipinski definition) is 3. The van der Waals surface area contributed by atoms with Gasteiger partial charge >= 0.3 is 0 Å². The van der Waals surface area contributed by atoms with Gasteiger partial charge in [-0.15, -0.1) is 0 Å². The zero-order chi connectivity index (χ0) is 9.14. The average Bonchev–Trinajstić information content (AvgIpc) is 2.03. The molecule has 0 unspecified atom stereocenters. The lowest BCUT2D eigenvalue weighted by Crippen LogP contribution is -1.84. The maximum Gasteiger partial charge on any atom is 0.130 e. The molecule has 1 rings (SSSR count). The molecule has 64 valence electrons. The predicted molar refractivity (Wildman–Crippen MR) is 46.4 cm³/mol. The van der Waals surface area contributed by atoms with Gasteiger partial charge in [0, 0.05) is 12.1 Å². The fraction of sp³-hybridized carbons (Fsp3) is 0.111. The highest BCUT2D eigenvalue weighted by atomic mass is 16.5. The molecule has 0 saturated carbocycles. The summed E-state index contributed by atoms with van der Waals surface area (Å²) in [6.07, 6.45) is 1.38. The van der Waals surface area contributed by atoms with E-state index in [0.29, 0.717) is 11.3 Å². The summed E-state index contributed by atoms with van der Waals surface area (Å²) in [6, 6.07) is 2.83. The third kappa shape index (κ3) is 1.34. The van der Waals surface area contributed by atoms with Crippen LogP contribution in [0.2, 0.25) is 0 Å². The minimum Gasteiger partial charge on any atom is -0.507 e. The minimum absolute atomic E-state index is 0.0400. The van der Waals surface area contributed by atoms with Crippen molar-refractivity contribution in [2.75, 3.05) is 7.11 Å². The third-order valence-electron chi connectivity index (χ3n) is 1.55. The highest BCUT2D eigenvalue weighted by Crippen LogP contribution is 2.32. The Kier molecular flexibility index (Phi) is 2.24. The van der Waals surface area contributed by atoms with E-state index in [-0.39, 0.29) is 11.5 Å². The molecule has 0 fully saturated rings. The quantitative estimate of drug-likeness (QED) is 0.703. The van der Waals surface area contributed by atoms with Crippen molar-refractivity contribution in [3.8, 4) is 17.2 Å². The molecule has 0 bridgehead atoms. The normalized spacial score (nSPS) is 9.42. The lowest BCUT2D eigenvalue weighted by atomic mass is 10.1. The van der Waals surface area contributed by atoms with E-state index in [2.05, 4.69) is 6.58 Å². The van der Waals surface area contributed by atoms with Gasteiger partial charge in [0.2, 0.25) is 0 Å². The summed E-state index contributed by atoms with van der Waals surface area (Å²) < 4.78 is 4.82. The van der Waals surface area contributed by atoms with E-state index in [0.717, 1.165) is 0 Å². The molecular weight excluding hydrogens is 156 g/mol. The summed E-state index contributed by atoms with van der Waals surface area (Å²) in [5.41, 5.74) is 0.316. The molecule has 1 aromatic carbocycles. The van der Waals surface area contributed by atoms with Crippen LogP contribution >= 0.6 is 0 Å². The van der Waals surface area contributed by atoms with E-state index >= 15 is 0 Å². The summed E-state index contributed by atoms with van der Waals surface area (Å²) in [5, 5.41) is 18.6. The fourth-order valence-electron chi connectivity index (χ4n) is 0.925. The van der Waals surface area contributed by atoms with Crippen molar-refractivity contribution in [2.24, 2.45) is 0 Å². The first-order valence-electron chi connectivity index (χ1n) is 3.41. The molecule has 12 heavy (non-hydrogen) atoms. The number of phenolic OH excluding ortho intramolecular Hbond substituents is 2. The molecule has 0 saturated heterocycles. The Bertz CT molecular complexity index is 282. The van der Waals surface area contributed by atoms with Crippen molar-refractivity contribution >= 4 is 6.08 Å². The summed E-state index contributed by atoms with van der Waals surface area (Å²) in [6.45, 7) is 3.45. The number of phenols is 2. The van der Waals surface area contributed by atoms with Crippen LogP contribution in [-0.2, 0) is 0 Å². The van der Waals surface area contributed by atoms with Gasteiger partial charge in [-0.05, 0) is 0 Å². The molecule has 0 amide bonds. The van der Waals surface area contributed by atoms with Crippen LogP contribution in [0.15, 0.2) is 18.7 Å². The maximum absolute atomic E-state index is 9.29. The number of aromatic hydroxyl groups is 2. The molecule has 2 N–H and O–H groups in total. The van der Waals surface area contributed by atoms with Gasteiger partial charge in [0.25, 0.3) is 0 Å². The monoisotopic (exact) mass is 166 g/mol. The van der Waals surface area contributed by atoms with Gasteiger partial charge in [-0.1, -0.05) is 12.7 Å². The van der Waals surface area contributed by atoms with Gasteiger partial charge < -0.3 is 14.9 Å². The van der Waals surface area contributed by atoms with Crippen LogP contribution < -0.4 is 4.74 Å². The molecule has 0 spiro atoms. The van der Waals surface area contributed by atoms with Crippen molar-refractivity contribution in [1.29, 1.82) is 0 Å². The lowest BCUT2D eigenvalue weighted by Gasteiger charge is -2.05. The largest absolute Gasteiger partial charge is 0.507 e. The van der Waals surface area contributed by atoms with Crippen molar-refractivity contribution < 1.29 is 14.9 Å². The van der Waals surface area contributed by atoms with E-state index in [1.807, 2.05) is 0 Å². The van der Waals surface area contributed by atoms with Crippen molar-refractivity contribution in [1.82, 2.24) is 0 Å². The Morgan fingerprint density at radius 2 is 1.83 bits per heavy atom. The Balaban J connectivity index is 3.27. The van der Waals surface area contributed by atoms with Crippen LogP contribution in [-0.4, -0.2) is 17.3 Å². The number of hydrogen-bond donors (Lipinski definition) is 2. The van der Waals surface area contributed by atoms with Gasteiger partial charge in [-0.25, -0.2) is 0 Å². The Morgan fingerprint density at radius 1 is 1.33 bits per heavy atom. The maximum atomic E-state index is 9.29. The first kappa shape index (κ1) is 8.46. The van der Waals surface area contributed by atoms with E-state index < -0.39 is 0 Å². The molecule has 0 aliphatic heterocycles. The molecule has 0 radical (unpaired) electrons. The topological polar surface area (TPSA) is 49.7 Å². The molecule has 3 heteroatoms. The van der Waals surface area contributed by atoms with Crippen LogP contribution in [0, 0.1) is 0 Å². The molecule has 0 aliphatic rings. The lowest BCUT2D eigenvalue weighted by molar-refractivity contribution is 0.397. The van der Waals surface area contributed by atoms with E-state index in [4.69, 9.17) is 4.74 Å². The predicted octanol–water partition coefficient (Wildman–Crippen LogP) is 1.75. The minimum atomic E-state index is -0.0400. The first-order valence-corrected chi connectivity index (χ1v) is 3.41. The fourth-order valence-corrected chi connectivity index (χ4v) is 0.925. The van der Waals surface area contributed by atoms with E-state index in [1.54, 1.807) is 0 Å². The van der Waals surface area contributed by atoms with Crippen molar-refractivity contribution in [2.45, 2.75) is 0 Å². The van der Waals surface area contributed by atoms with Crippen LogP contribution in [0.5, 0.6) is 17.2 Å². The van der Waals surface area contributed by atoms with Gasteiger partial charge in [-0.2, -0.15) is 0 Å². The highest BCUT2D eigenvalue weighted by Gasteiger charge is 2.05. The molecule has 0 aromatic heterocycles. The second-order valence-electron chi connectivity index (χ2n) is 2.28. The molecular formula is C9H10O3. The standard InChI is InChI=1S/C9H10O3/c1-3-7-8(10)4-6(12-2)5-9(7)11/h3-5,10-11H,1H2,2H3. The molecule has 1 aromatic rings. The zero-order valence-electron chi connectivity index (χ0n) is 6.74. The molecule has 0 aliphatic carbocycles. The van der Waals surface area contributed by atoms with Crippen molar-refractivity contribution in [3.63, 3.8) is 0 Å². The smallest absolute Gasteiger partial charge is 0.130 e.